The maximum absolute atomic E-state index is 12.8. The van der Waals surface area contributed by atoms with E-state index in [1.54, 1.807) is 30.9 Å². The first kappa shape index (κ1) is 20.3. The minimum atomic E-state index is -0.320. The third kappa shape index (κ3) is 4.98. The molecule has 1 saturated carbocycles. The standard InChI is InChI=1S/C23H23N7O/c1-3-24-12-5-6-16(2)17-11-13-25-20(14-17)23(31)28-21-8-4-7-19(27-21)22-29-26-15-30(22)18-9-10-18/h3-8,11-16,18H,1,9-10H2,2H3,(H,27,28,31)/b6-5-,24-12-. The van der Waals surface area contributed by atoms with Crippen molar-refractivity contribution >= 4 is 17.9 Å². The molecule has 1 fully saturated rings. The smallest absolute Gasteiger partial charge is 0.275 e. The summed E-state index contributed by atoms with van der Waals surface area (Å²) in [5, 5.41) is 11.0. The lowest BCUT2D eigenvalue weighted by atomic mass is 10.0. The molecular weight excluding hydrogens is 390 g/mol. The van der Waals surface area contributed by atoms with E-state index >= 15 is 0 Å². The number of hydrogen-bond donors (Lipinski definition) is 1. The van der Waals surface area contributed by atoms with Gasteiger partial charge in [0.05, 0.1) is 0 Å². The monoisotopic (exact) mass is 413 g/mol. The zero-order chi connectivity index (χ0) is 21.6. The average Bonchev–Trinajstić information content (AvgIpc) is 3.53. The number of allylic oxidation sites excluding steroid dienone is 2. The first-order valence-electron chi connectivity index (χ1n) is 10.1. The molecule has 1 aliphatic rings. The van der Waals surface area contributed by atoms with E-state index in [4.69, 9.17) is 0 Å². The van der Waals surface area contributed by atoms with Crippen LogP contribution in [0.25, 0.3) is 11.5 Å². The van der Waals surface area contributed by atoms with Crippen molar-refractivity contribution in [1.29, 1.82) is 0 Å². The van der Waals surface area contributed by atoms with E-state index in [0.29, 0.717) is 29.1 Å². The Morgan fingerprint density at radius 3 is 3.03 bits per heavy atom. The van der Waals surface area contributed by atoms with E-state index in [-0.39, 0.29) is 11.8 Å². The first-order valence-corrected chi connectivity index (χ1v) is 10.1. The fourth-order valence-electron chi connectivity index (χ4n) is 3.15. The molecule has 8 nitrogen and oxygen atoms in total. The summed E-state index contributed by atoms with van der Waals surface area (Å²) in [7, 11) is 0. The minimum Gasteiger partial charge on any atom is -0.309 e. The summed E-state index contributed by atoms with van der Waals surface area (Å²) < 4.78 is 2.04. The number of aliphatic imine (C=N–C) groups is 1. The van der Waals surface area contributed by atoms with Gasteiger partial charge in [0, 0.05) is 24.7 Å². The second kappa shape index (κ2) is 9.25. The summed E-state index contributed by atoms with van der Waals surface area (Å²) in [6.45, 7) is 5.58. The first-order chi connectivity index (χ1) is 15.2. The molecule has 0 aromatic carbocycles. The van der Waals surface area contributed by atoms with Gasteiger partial charge >= 0.3 is 0 Å². The van der Waals surface area contributed by atoms with Gasteiger partial charge in [-0.2, -0.15) is 0 Å². The van der Waals surface area contributed by atoms with Crippen molar-refractivity contribution < 1.29 is 4.79 Å². The number of hydrogen-bond acceptors (Lipinski definition) is 6. The molecule has 0 aliphatic heterocycles. The molecule has 156 valence electrons. The number of carbonyl (C=O) groups excluding carboxylic acids is 1. The van der Waals surface area contributed by atoms with Crippen molar-refractivity contribution in [2.45, 2.75) is 31.7 Å². The normalized spacial score (nSPS) is 14.7. The number of amides is 1. The predicted molar refractivity (Wildman–Crippen MR) is 120 cm³/mol. The van der Waals surface area contributed by atoms with Crippen LogP contribution in [0.15, 0.2) is 72.8 Å². The molecular formula is C23H23N7O. The van der Waals surface area contributed by atoms with E-state index in [9.17, 15) is 4.79 Å². The number of nitrogens with zero attached hydrogens (tertiary/aromatic N) is 6. The summed E-state index contributed by atoms with van der Waals surface area (Å²) in [5.74, 6) is 0.925. The van der Waals surface area contributed by atoms with Gasteiger partial charge in [0.1, 0.15) is 23.5 Å². The molecule has 0 radical (unpaired) electrons. The predicted octanol–water partition coefficient (Wildman–Crippen LogP) is 4.20. The van der Waals surface area contributed by atoms with Gasteiger partial charge in [-0.1, -0.05) is 25.6 Å². The van der Waals surface area contributed by atoms with Gasteiger partial charge in [-0.15, -0.1) is 10.2 Å². The molecule has 1 N–H and O–H groups in total. The van der Waals surface area contributed by atoms with E-state index in [1.807, 2.05) is 41.8 Å². The Kier molecular flexibility index (Phi) is 6.07. The molecule has 3 aromatic heterocycles. The number of rotatable bonds is 8. The Morgan fingerprint density at radius 1 is 1.35 bits per heavy atom. The van der Waals surface area contributed by atoms with Crippen LogP contribution in [0, 0.1) is 0 Å². The van der Waals surface area contributed by atoms with Gasteiger partial charge in [0.15, 0.2) is 5.82 Å². The highest BCUT2D eigenvalue weighted by molar-refractivity contribution is 6.02. The van der Waals surface area contributed by atoms with Crippen LogP contribution in [0.4, 0.5) is 5.82 Å². The molecule has 0 spiro atoms. The molecule has 1 aliphatic carbocycles. The second-order valence-electron chi connectivity index (χ2n) is 7.28. The third-order valence-corrected chi connectivity index (χ3v) is 4.95. The van der Waals surface area contributed by atoms with Crippen molar-refractivity contribution in [3.8, 4) is 11.5 Å². The lowest BCUT2D eigenvalue weighted by Gasteiger charge is -2.10. The quantitative estimate of drug-likeness (QED) is 0.558. The number of anilines is 1. The molecule has 8 heteroatoms. The van der Waals surface area contributed by atoms with Crippen LogP contribution in [0.5, 0.6) is 0 Å². The molecule has 3 heterocycles. The van der Waals surface area contributed by atoms with Crippen molar-refractivity contribution in [1.82, 2.24) is 24.7 Å². The van der Waals surface area contributed by atoms with E-state index in [1.165, 1.54) is 6.20 Å². The van der Waals surface area contributed by atoms with Crippen molar-refractivity contribution in [2.75, 3.05) is 5.32 Å². The summed E-state index contributed by atoms with van der Waals surface area (Å²) in [5.41, 5.74) is 1.97. The molecule has 1 amide bonds. The average molecular weight is 413 g/mol. The summed E-state index contributed by atoms with van der Waals surface area (Å²) in [6.07, 6.45) is 12.6. The van der Waals surface area contributed by atoms with Crippen LogP contribution in [0.3, 0.4) is 0 Å². The summed E-state index contributed by atoms with van der Waals surface area (Å²) >= 11 is 0. The second-order valence-corrected chi connectivity index (χ2v) is 7.28. The lowest BCUT2D eigenvalue weighted by molar-refractivity contribution is 0.102. The topological polar surface area (TPSA) is 98.0 Å². The van der Waals surface area contributed by atoms with Crippen LogP contribution in [-0.4, -0.2) is 36.9 Å². The van der Waals surface area contributed by atoms with Gasteiger partial charge in [0.25, 0.3) is 5.91 Å². The highest BCUT2D eigenvalue weighted by Crippen LogP contribution is 2.37. The number of pyridine rings is 2. The Hall–Kier alpha value is -3.94. The molecule has 4 rings (SSSR count). The van der Waals surface area contributed by atoms with Crippen LogP contribution >= 0.6 is 0 Å². The zero-order valence-electron chi connectivity index (χ0n) is 17.2. The lowest BCUT2D eigenvalue weighted by Crippen LogP contribution is -2.15. The van der Waals surface area contributed by atoms with Crippen LogP contribution in [0.1, 0.15) is 47.8 Å². The van der Waals surface area contributed by atoms with Crippen LogP contribution in [0.2, 0.25) is 0 Å². The Labute approximate surface area is 180 Å². The molecule has 31 heavy (non-hydrogen) atoms. The molecule has 1 unspecified atom stereocenters. The van der Waals surface area contributed by atoms with Gasteiger partial charge in [-0.3, -0.25) is 14.8 Å². The number of nitrogens with one attached hydrogen (secondary N) is 1. The van der Waals surface area contributed by atoms with E-state index in [2.05, 4.69) is 37.1 Å². The summed E-state index contributed by atoms with van der Waals surface area (Å²) in [4.78, 5) is 25.5. The highest BCUT2D eigenvalue weighted by Gasteiger charge is 2.27. The zero-order valence-corrected chi connectivity index (χ0v) is 17.2. The maximum Gasteiger partial charge on any atom is 0.275 e. The number of carbonyl (C=O) groups is 1. The Morgan fingerprint density at radius 2 is 2.23 bits per heavy atom. The summed E-state index contributed by atoms with van der Waals surface area (Å²) in [6, 6.07) is 9.55. The fraction of sp³-hybridized carbons (Fsp3) is 0.217. The third-order valence-electron chi connectivity index (χ3n) is 4.95. The van der Waals surface area contributed by atoms with Gasteiger partial charge < -0.3 is 9.88 Å². The van der Waals surface area contributed by atoms with Crippen LogP contribution in [-0.2, 0) is 0 Å². The van der Waals surface area contributed by atoms with E-state index in [0.717, 1.165) is 18.4 Å². The van der Waals surface area contributed by atoms with Gasteiger partial charge in [-0.05, 0) is 54.7 Å². The molecule has 0 bridgehead atoms. The minimum absolute atomic E-state index is 0.0982. The molecule has 1 atom stereocenters. The van der Waals surface area contributed by atoms with Crippen molar-refractivity contribution in [3.63, 3.8) is 0 Å². The largest absolute Gasteiger partial charge is 0.309 e. The molecule has 0 saturated heterocycles. The van der Waals surface area contributed by atoms with Gasteiger partial charge in [-0.25, -0.2) is 4.98 Å². The van der Waals surface area contributed by atoms with Crippen molar-refractivity contribution in [3.05, 3.63) is 79.0 Å². The highest BCUT2D eigenvalue weighted by atomic mass is 16.1. The SMILES string of the molecule is C=C/N=C\C=C/C(C)c1ccnc(C(=O)Nc2cccc(-c3nncn3C3CC3)n2)c1. The molecule has 3 aromatic rings. The van der Waals surface area contributed by atoms with E-state index < -0.39 is 0 Å². The Balaban J connectivity index is 1.48. The van der Waals surface area contributed by atoms with Crippen molar-refractivity contribution in [2.24, 2.45) is 4.99 Å². The van der Waals surface area contributed by atoms with Gasteiger partial charge in [0.2, 0.25) is 0 Å². The fourth-order valence-corrected chi connectivity index (χ4v) is 3.15. The Bertz CT molecular complexity index is 1140. The van der Waals surface area contributed by atoms with Crippen LogP contribution < -0.4 is 5.32 Å². The maximum atomic E-state index is 12.8. The number of aromatic nitrogens is 5.